The maximum absolute atomic E-state index is 5.63. The summed E-state index contributed by atoms with van der Waals surface area (Å²) in [6.07, 6.45) is 0.290. The van der Waals surface area contributed by atoms with Gasteiger partial charge in [-0.1, -0.05) is 18.3 Å². The average molecular weight is 276 g/mol. The molecule has 1 fully saturated rings. The molecule has 2 heterocycles. The molecular weight excluding hydrogens is 260 g/mol. The Kier molecular flexibility index (Phi) is 3.48. The van der Waals surface area contributed by atoms with Gasteiger partial charge in [-0.15, -0.1) is 5.10 Å². The van der Waals surface area contributed by atoms with Crippen LogP contribution in [0, 0.1) is 0 Å². The predicted octanol–water partition coefficient (Wildman–Crippen LogP) is 3.11. The Morgan fingerprint density at radius 2 is 2.11 bits per heavy atom. The standard InChI is InChI=1S/C14H16N2O2S/c1-9(2)13-14(19-16-15-13)10-3-5-11(6-4-10)17-7-12-8-18-12/h3-6,9,12H,7-8H2,1-2H3. The molecule has 1 aromatic carbocycles. The number of rotatable bonds is 5. The van der Waals surface area contributed by atoms with E-state index in [1.165, 1.54) is 11.5 Å². The fourth-order valence-electron chi connectivity index (χ4n) is 1.83. The van der Waals surface area contributed by atoms with Gasteiger partial charge in [-0.2, -0.15) is 0 Å². The highest BCUT2D eigenvalue weighted by molar-refractivity contribution is 7.09. The van der Waals surface area contributed by atoms with Crippen LogP contribution in [0.25, 0.3) is 10.4 Å². The van der Waals surface area contributed by atoms with Gasteiger partial charge in [0.25, 0.3) is 0 Å². The Morgan fingerprint density at radius 3 is 2.74 bits per heavy atom. The Hall–Kier alpha value is -1.46. The first kappa shape index (κ1) is 12.6. The lowest BCUT2D eigenvalue weighted by Crippen LogP contribution is -2.03. The van der Waals surface area contributed by atoms with Gasteiger partial charge < -0.3 is 9.47 Å². The molecule has 0 N–H and O–H groups in total. The van der Waals surface area contributed by atoms with Crippen molar-refractivity contribution in [3.63, 3.8) is 0 Å². The van der Waals surface area contributed by atoms with Crippen molar-refractivity contribution in [2.75, 3.05) is 13.2 Å². The van der Waals surface area contributed by atoms with Crippen molar-refractivity contribution >= 4 is 11.5 Å². The molecule has 19 heavy (non-hydrogen) atoms. The molecule has 5 heteroatoms. The largest absolute Gasteiger partial charge is 0.491 e. The van der Waals surface area contributed by atoms with Crippen molar-refractivity contribution in [3.05, 3.63) is 30.0 Å². The lowest BCUT2D eigenvalue weighted by Gasteiger charge is -2.06. The summed E-state index contributed by atoms with van der Waals surface area (Å²) < 4.78 is 14.8. The second-order valence-electron chi connectivity index (χ2n) is 4.93. The first-order valence-electron chi connectivity index (χ1n) is 6.41. The number of nitrogens with zero attached hydrogens (tertiary/aromatic N) is 2. The molecule has 1 saturated heterocycles. The summed E-state index contributed by atoms with van der Waals surface area (Å²) in [4.78, 5) is 1.15. The third-order valence-corrected chi connectivity index (χ3v) is 3.81. The Balaban J connectivity index is 1.75. The summed E-state index contributed by atoms with van der Waals surface area (Å²) in [6.45, 7) is 5.72. The average Bonchev–Trinajstić information content (AvgIpc) is 3.11. The third-order valence-electron chi connectivity index (χ3n) is 3.01. The van der Waals surface area contributed by atoms with Gasteiger partial charge in [-0.05, 0) is 47.3 Å². The summed E-state index contributed by atoms with van der Waals surface area (Å²) in [5.74, 6) is 1.26. The zero-order valence-electron chi connectivity index (χ0n) is 11.0. The van der Waals surface area contributed by atoms with Crippen LogP contribution in [-0.2, 0) is 4.74 Å². The second-order valence-corrected chi connectivity index (χ2v) is 5.69. The molecule has 2 aromatic rings. The van der Waals surface area contributed by atoms with Gasteiger partial charge in [-0.25, -0.2) is 0 Å². The van der Waals surface area contributed by atoms with Gasteiger partial charge in [0.05, 0.1) is 17.2 Å². The SMILES string of the molecule is CC(C)c1nnsc1-c1ccc(OCC2CO2)cc1. The zero-order chi connectivity index (χ0) is 13.2. The first-order valence-corrected chi connectivity index (χ1v) is 7.18. The van der Waals surface area contributed by atoms with E-state index in [-0.39, 0.29) is 6.10 Å². The van der Waals surface area contributed by atoms with Gasteiger partial charge in [0, 0.05) is 0 Å². The number of aromatic nitrogens is 2. The minimum Gasteiger partial charge on any atom is -0.491 e. The van der Waals surface area contributed by atoms with Gasteiger partial charge >= 0.3 is 0 Å². The third kappa shape index (κ3) is 2.93. The van der Waals surface area contributed by atoms with E-state index < -0.39 is 0 Å². The normalized spacial score (nSPS) is 17.7. The number of hydrogen-bond acceptors (Lipinski definition) is 5. The van der Waals surface area contributed by atoms with Gasteiger partial charge in [0.15, 0.2) is 0 Å². The summed E-state index contributed by atoms with van der Waals surface area (Å²) >= 11 is 1.44. The monoisotopic (exact) mass is 276 g/mol. The van der Waals surface area contributed by atoms with E-state index in [1.807, 2.05) is 12.1 Å². The number of ether oxygens (including phenoxy) is 2. The van der Waals surface area contributed by atoms with Crippen LogP contribution in [0.3, 0.4) is 0 Å². The fraction of sp³-hybridized carbons (Fsp3) is 0.429. The number of hydrogen-bond donors (Lipinski definition) is 0. The molecule has 1 atom stereocenters. The molecule has 0 saturated carbocycles. The molecule has 3 rings (SSSR count). The number of epoxide rings is 1. The van der Waals surface area contributed by atoms with Crippen molar-refractivity contribution in [1.82, 2.24) is 9.59 Å². The highest BCUT2D eigenvalue weighted by Crippen LogP contribution is 2.31. The summed E-state index contributed by atoms with van der Waals surface area (Å²) in [5.41, 5.74) is 2.21. The molecule has 1 unspecified atom stereocenters. The fourth-order valence-corrected chi connectivity index (χ4v) is 2.65. The van der Waals surface area contributed by atoms with Crippen molar-refractivity contribution in [3.8, 4) is 16.2 Å². The summed E-state index contributed by atoms with van der Waals surface area (Å²) in [7, 11) is 0. The van der Waals surface area contributed by atoms with Crippen molar-refractivity contribution < 1.29 is 9.47 Å². The van der Waals surface area contributed by atoms with Crippen LogP contribution < -0.4 is 4.74 Å². The van der Waals surface area contributed by atoms with Crippen LogP contribution in [0.5, 0.6) is 5.75 Å². The van der Waals surface area contributed by atoms with Crippen LogP contribution in [0.1, 0.15) is 25.5 Å². The van der Waals surface area contributed by atoms with E-state index in [2.05, 4.69) is 35.6 Å². The zero-order valence-corrected chi connectivity index (χ0v) is 11.8. The Labute approximate surface area is 116 Å². The van der Waals surface area contributed by atoms with Crippen LogP contribution in [0.15, 0.2) is 24.3 Å². The second kappa shape index (κ2) is 5.27. The van der Waals surface area contributed by atoms with Crippen LogP contribution in [0.2, 0.25) is 0 Å². The maximum Gasteiger partial charge on any atom is 0.119 e. The molecule has 0 bridgehead atoms. The lowest BCUT2D eigenvalue weighted by molar-refractivity contribution is 0.263. The molecule has 0 spiro atoms. The van der Waals surface area contributed by atoms with Crippen molar-refractivity contribution in [2.24, 2.45) is 0 Å². The van der Waals surface area contributed by atoms with Gasteiger partial charge in [-0.3, -0.25) is 0 Å². The predicted molar refractivity (Wildman–Crippen MR) is 74.7 cm³/mol. The molecule has 0 aliphatic carbocycles. The molecule has 1 aromatic heterocycles. The van der Waals surface area contributed by atoms with Crippen molar-refractivity contribution in [1.29, 1.82) is 0 Å². The van der Waals surface area contributed by atoms with Gasteiger partial charge in [0.1, 0.15) is 18.5 Å². The van der Waals surface area contributed by atoms with Crippen LogP contribution in [0.4, 0.5) is 0 Å². The molecule has 1 aliphatic rings. The Bertz CT molecular complexity index is 547. The first-order chi connectivity index (χ1) is 9.24. The van der Waals surface area contributed by atoms with E-state index in [4.69, 9.17) is 9.47 Å². The van der Waals surface area contributed by atoms with E-state index >= 15 is 0 Å². The summed E-state index contributed by atoms with van der Waals surface area (Å²) in [6, 6.07) is 8.09. The Morgan fingerprint density at radius 1 is 1.37 bits per heavy atom. The molecule has 100 valence electrons. The topological polar surface area (TPSA) is 47.5 Å². The number of benzene rings is 1. The highest BCUT2D eigenvalue weighted by atomic mass is 32.1. The molecule has 0 amide bonds. The van der Waals surface area contributed by atoms with Crippen LogP contribution in [-0.4, -0.2) is 28.9 Å². The van der Waals surface area contributed by atoms with E-state index in [9.17, 15) is 0 Å². The van der Waals surface area contributed by atoms with E-state index in [0.29, 0.717) is 12.5 Å². The van der Waals surface area contributed by atoms with E-state index in [1.54, 1.807) is 0 Å². The maximum atomic E-state index is 5.63. The lowest BCUT2D eigenvalue weighted by atomic mass is 10.1. The van der Waals surface area contributed by atoms with Crippen LogP contribution >= 0.6 is 11.5 Å². The minimum absolute atomic E-state index is 0.290. The molecule has 1 aliphatic heterocycles. The molecular formula is C14H16N2O2S. The van der Waals surface area contributed by atoms with E-state index in [0.717, 1.165) is 28.5 Å². The molecule has 4 nitrogen and oxygen atoms in total. The smallest absolute Gasteiger partial charge is 0.119 e. The molecule has 0 radical (unpaired) electrons. The quantitative estimate of drug-likeness (QED) is 0.787. The summed E-state index contributed by atoms with van der Waals surface area (Å²) in [5, 5.41) is 4.20. The van der Waals surface area contributed by atoms with Gasteiger partial charge in [0.2, 0.25) is 0 Å². The highest BCUT2D eigenvalue weighted by Gasteiger charge is 2.23. The van der Waals surface area contributed by atoms with Crippen molar-refractivity contribution in [2.45, 2.75) is 25.9 Å². The minimum atomic E-state index is 0.290.